The van der Waals surface area contributed by atoms with Gasteiger partial charge in [-0.2, -0.15) is 0 Å². The summed E-state index contributed by atoms with van der Waals surface area (Å²) in [6.45, 7) is 3.62. The van der Waals surface area contributed by atoms with E-state index in [2.05, 4.69) is 0 Å². The van der Waals surface area contributed by atoms with Crippen LogP contribution in [0.2, 0.25) is 0 Å². The van der Waals surface area contributed by atoms with Crippen molar-refractivity contribution in [3.8, 4) is 0 Å². The summed E-state index contributed by atoms with van der Waals surface area (Å²) in [5.74, 6) is -0.749. The summed E-state index contributed by atoms with van der Waals surface area (Å²) in [6.07, 6.45) is -2.06. The van der Waals surface area contributed by atoms with Gasteiger partial charge in [-0.25, -0.2) is 13.2 Å². The minimum absolute atomic E-state index is 0.195. The van der Waals surface area contributed by atoms with Gasteiger partial charge in [0.2, 0.25) is 0 Å². The third-order valence-corrected chi connectivity index (χ3v) is 4.22. The van der Waals surface area contributed by atoms with Crippen LogP contribution >= 0.6 is 0 Å². The highest BCUT2D eigenvalue weighted by atomic mass is 19.2. The Morgan fingerprint density at radius 1 is 0.800 bits per heavy atom. The van der Waals surface area contributed by atoms with E-state index in [4.69, 9.17) is 0 Å². The summed E-state index contributed by atoms with van der Waals surface area (Å²) >= 11 is 0. The largest absolute Gasteiger partial charge is 0.247 e. The molecule has 0 aromatic rings. The molecule has 2 saturated carbocycles. The summed E-state index contributed by atoms with van der Waals surface area (Å²) < 4.78 is 41.0. The first-order chi connectivity index (χ1) is 7.00. The highest BCUT2D eigenvalue weighted by molar-refractivity contribution is 4.97. The maximum absolute atomic E-state index is 13.8. The molecule has 0 heterocycles. The van der Waals surface area contributed by atoms with Crippen molar-refractivity contribution in [1.82, 2.24) is 0 Å². The molecule has 0 aromatic heterocycles. The van der Waals surface area contributed by atoms with Crippen LogP contribution in [0.4, 0.5) is 13.2 Å². The van der Waals surface area contributed by atoms with E-state index in [0.717, 1.165) is 0 Å². The lowest BCUT2D eigenvalue weighted by Gasteiger charge is -2.45. The fourth-order valence-corrected chi connectivity index (χ4v) is 3.36. The minimum Gasteiger partial charge on any atom is -0.247 e. The highest BCUT2D eigenvalue weighted by Crippen LogP contribution is 2.47. The van der Waals surface area contributed by atoms with Gasteiger partial charge in [-0.15, -0.1) is 0 Å². The molecule has 0 nitrogen and oxygen atoms in total. The summed E-state index contributed by atoms with van der Waals surface area (Å²) in [5.41, 5.74) is 0. The van der Waals surface area contributed by atoms with E-state index in [1.807, 2.05) is 6.92 Å². The van der Waals surface area contributed by atoms with Crippen LogP contribution in [0.5, 0.6) is 0 Å². The number of hydrogen-bond acceptors (Lipinski definition) is 0. The van der Waals surface area contributed by atoms with Crippen LogP contribution in [0.1, 0.15) is 33.1 Å². The van der Waals surface area contributed by atoms with E-state index >= 15 is 0 Å². The molecule has 0 bridgehead atoms. The second-order valence-corrected chi connectivity index (χ2v) is 5.52. The molecule has 2 aliphatic rings. The molecule has 7 atom stereocenters. The minimum atomic E-state index is -1.44. The predicted octanol–water partition coefficient (Wildman–Crippen LogP) is 3.70. The Morgan fingerprint density at radius 3 is 2.13 bits per heavy atom. The molecule has 0 spiro atoms. The number of halogens is 3. The Morgan fingerprint density at radius 2 is 1.47 bits per heavy atom. The zero-order valence-electron chi connectivity index (χ0n) is 9.30. The Bertz CT molecular complexity index is 231. The van der Waals surface area contributed by atoms with Crippen LogP contribution in [-0.2, 0) is 0 Å². The highest BCUT2D eigenvalue weighted by Gasteiger charge is 2.49. The molecule has 0 saturated heterocycles. The van der Waals surface area contributed by atoms with Crippen molar-refractivity contribution in [2.45, 2.75) is 51.6 Å². The maximum Gasteiger partial charge on any atom is 0.135 e. The summed E-state index contributed by atoms with van der Waals surface area (Å²) in [6, 6.07) is 0. The van der Waals surface area contributed by atoms with E-state index < -0.39 is 18.5 Å². The van der Waals surface area contributed by atoms with Gasteiger partial charge in [0.15, 0.2) is 0 Å². The molecule has 2 aliphatic carbocycles. The molecule has 0 N–H and O–H groups in total. The van der Waals surface area contributed by atoms with Gasteiger partial charge in [0.05, 0.1) is 0 Å². The Kier molecular flexibility index (Phi) is 3.00. The first kappa shape index (κ1) is 11.3. The van der Waals surface area contributed by atoms with Gasteiger partial charge in [0, 0.05) is 0 Å². The smallest absolute Gasteiger partial charge is 0.135 e. The van der Waals surface area contributed by atoms with Gasteiger partial charge in [-0.1, -0.05) is 13.8 Å². The lowest BCUT2D eigenvalue weighted by Crippen LogP contribution is -2.48. The number of alkyl halides is 3. The molecule has 7 unspecified atom stereocenters. The van der Waals surface area contributed by atoms with Gasteiger partial charge in [-0.3, -0.25) is 0 Å². The quantitative estimate of drug-likeness (QED) is 0.584. The van der Waals surface area contributed by atoms with E-state index in [9.17, 15) is 13.2 Å². The third kappa shape index (κ3) is 1.90. The van der Waals surface area contributed by atoms with Gasteiger partial charge in [-0.05, 0) is 42.9 Å². The summed E-state index contributed by atoms with van der Waals surface area (Å²) in [4.78, 5) is 0. The number of hydrogen-bond donors (Lipinski definition) is 0. The van der Waals surface area contributed by atoms with Crippen molar-refractivity contribution in [2.75, 3.05) is 0 Å². The standard InChI is InChI=1S/C12H19F3/c1-6-3-9-8(10(13)4-6)5-7(2)11(14)12(9)15/h6-12H,3-5H2,1-2H3. The van der Waals surface area contributed by atoms with Gasteiger partial charge in [0.1, 0.15) is 18.5 Å². The van der Waals surface area contributed by atoms with Crippen LogP contribution < -0.4 is 0 Å². The van der Waals surface area contributed by atoms with Crippen molar-refractivity contribution in [1.29, 1.82) is 0 Å². The average Bonchev–Trinajstić information content (AvgIpc) is 2.17. The number of fused-ring (bicyclic) bond motifs is 1. The van der Waals surface area contributed by atoms with Crippen molar-refractivity contribution in [2.24, 2.45) is 23.7 Å². The monoisotopic (exact) mass is 220 g/mol. The molecule has 0 radical (unpaired) electrons. The Labute approximate surface area is 89.2 Å². The van der Waals surface area contributed by atoms with Crippen molar-refractivity contribution in [3.05, 3.63) is 0 Å². The van der Waals surface area contributed by atoms with Gasteiger partial charge < -0.3 is 0 Å². The maximum atomic E-state index is 13.8. The van der Waals surface area contributed by atoms with Gasteiger partial charge in [0.25, 0.3) is 0 Å². The normalized spacial score (nSPS) is 56.2. The third-order valence-electron chi connectivity index (χ3n) is 4.22. The summed E-state index contributed by atoms with van der Waals surface area (Å²) in [7, 11) is 0. The van der Waals surface area contributed by atoms with E-state index in [1.54, 1.807) is 6.92 Å². The Hall–Kier alpha value is -0.210. The predicted molar refractivity (Wildman–Crippen MR) is 53.8 cm³/mol. The van der Waals surface area contributed by atoms with E-state index in [1.165, 1.54) is 0 Å². The molecule has 2 rings (SSSR count). The Balaban J connectivity index is 2.15. The zero-order chi connectivity index (χ0) is 11.2. The van der Waals surface area contributed by atoms with Crippen LogP contribution in [0, 0.1) is 23.7 Å². The van der Waals surface area contributed by atoms with Crippen LogP contribution in [0.3, 0.4) is 0 Å². The molecule has 15 heavy (non-hydrogen) atoms. The van der Waals surface area contributed by atoms with Gasteiger partial charge >= 0.3 is 0 Å². The SMILES string of the molecule is CC1CC(F)C2CC(C)C(F)C(F)C2C1. The second-order valence-electron chi connectivity index (χ2n) is 5.52. The second kappa shape index (κ2) is 3.99. The van der Waals surface area contributed by atoms with Crippen LogP contribution in [0.25, 0.3) is 0 Å². The zero-order valence-corrected chi connectivity index (χ0v) is 9.30. The molecule has 0 amide bonds. The van der Waals surface area contributed by atoms with Crippen LogP contribution in [0.15, 0.2) is 0 Å². The van der Waals surface area contributed by atoms with E-state index in [-0.39, 0.29) is 23.7 Å². The number of rotatable bonds is 0. The summed E-state index contributed by atoms with van der Waals surface area (Å²) in [5, 5.41) is 0. The molecule has 3 heteroatoms. The molecule has 2 fully saturated rings. The average molecular weight is 220 g/mol. The van der Waals surface area contributed by atoms with Crippen LogP contribution in [-0.4, -0.2) is 18.5 Å². The van der Waals surface area contributed by atoms with Crippen molar-refractivity contribution >= 4 is 0 Å². The topological polar surface area (TPSA) is 0 Å². The lowest BCUT2D eigenvalue weighted by molar-refractivity contribution is -0.0652. The van der Waals surface area contributed by atoms with Crippen molar-refractivity contribution < 1.29 is 13.2 Å². The first-order valence-corrected chi connectivity index (χ1v) is 5.93. The molecule has 0 aromatic carbocycles. The lowest BCUT2D eigenvalue weighted by atomic mass is 9.63. The molecular formula is C12H19F3. The molecule has 0 aliphatic heterocycles. The molecular weight excluding hydrogens is 201 g/mol. The molecule has 88 valence electrons. The fourth-order valence-electron chi connectivity index (χ4n) is 3.36. The van der Waals surface area contributed by atoms with Crippen molar-refractivity contribution in [3.63, 3.8) is 0 Å². The fraction of sp³-hybridized carbons (Fsp3) is 1.00. The first-order valence-electron chi connectivity index (χ1n) is 5.93. The van der Waals surface area contributed by atoms with E-state index in [0.29, 0.717) is 19.3 Å².